The van der Waals surface area contributed by atoms with Crippen LogP contribution in [0.15, 0.2) is 0 Å². The smallest absolute Gasteiger partial charge is 0.307 e. The van der Waals surface area contributed by atoms with Gasteiger partial charge in [-0.2, -0.15) is 0 Å². The Balaban J connectivity index is 2.43. The van der Waals surface area contributed by atoms with E-state index >= 15 is 0 Å². The fourth-order valence-electron chi connectivity index (χ4n) is 2.41. The molecule has 1 fully saturated rings. The fourth-order valence-corrected chi connectivity index (χ4v) is 2.41. The Kier molecular flexibility index (Phi) is 5.09. The zero-order valence-corrected chi connectivity index (χ0v) is 9.91. The van der Waals surface area contributed by atoms with Gasteiger partial charge < -0.3 is 5.11 Å². The Morgan fingerprint density at radius 1 is 1.40 bits per heavy atom. The van der Waals surface area contributed by atoms with E-state index in [0.717, 1.165) is 6.54 Å². The first-order chi connectivity index (χ1) is 7.15. The van der Waals surface area contributed by atoms with Crippen LogP contribution in [-0.2, 0) is 4.79 Å². The fraction of sp³-hybridized carbons (Fsp3) is 0.917. The molecule has 1 aliphatic carbocycles. The van der Waals surface area contributed by atoms with Crippen LogP contribution in [0, 0.1) is 5.92 Å². The van der Waals surface area contributed by atoms with Crippen molar-refractivity contribution < 1.29 is 9.90 Å². The number of nitrogens with zero attached hydrogens (tertiary/aromatic N) is 1. The molecule has 0 amide bonds. The molecular weight excluding hydrogens is 190 g/mol. The lowest BCUT2D eigenvalue weighted by atomic mass is 9.93. The first kappa shape index (κ1) is 12.5. The molecule has 15 heavy (non-hydrogen) atoms. The van der Waals surface area contributed by atoms with Gasteiger partial charge >= 0.3 is 5.97 Å². The Morgan fingerprint density at radius 2 is 2.00 bits per heavy atom. The zero-order chi connectivity index (χ0) is 11.3. The maximum atomic E-state index is 10.8. The van der Waals surface area contributed by atoms with Crippen molar-refractivity contribution in [3.63, 3.8) is 0 Å². The van der Waals surface area contributed by atoms with Crippen LogP contribution in [-0.4, -0.2) is 35.1 Å². The summed E-state index contributed by atoms with van der Waals surface area (Å²) in [5.74, 6) is -0.920. The minimum atomic E-state index is -0.677. The van der Waals surface area contributed by atoms with Gasteiger partial charge in [0, 0.05) is 12.6 Å². The van der Waals surface area contributed by atoms with Crippen LogP contribution in [0.3, 0.4) is 0 Å². The highest BCUT2D eigenvalue weighted by Crippen LogP contribution is 2.23. The first-order valence-electron chi connectivity index (χ1n) is 6.12. The summed E-state index contributed by atoms with van der Waals surface area (Å²) >= 11 is 0. The summed E-state index contributed by atoms with van der Waals surface area (Å²) in [6.45, 7) is 5.61. The summed E-state index contributed by atoms with van der Waals surface area (Å²) < 4.78 is 0. The second kappa shape index (κ2) is 6.11. The van der Waals surface area contributed by atoms with Gasteiger partial charge in [-0.1, -0.05) is 33.1 Å². The number of hydrogen-bond acceptors (Lipinski definition) is 2. The topological polar surface area (TPSA) is 40.5 Å². The monoisotopic (exact) mass is 213 g/mol. The van der Waals surface area contributed by atoms with E-state index in [1.165, 1.54) is 32.1 Å². The predicted molar refractivity (Wildman–Crippen MR) is 60.9 cm³/mol. The van der Waals surface area contributed by atoms with Crippen LogP contribution in [0.1, 0.15) is 46.0 Å². The third-order valence-electron chi connectivity index (χ3n) is 3.43. The van der Waals surface area contributed by atoms with Crippen molar-refractivity contribution in [2.24, 2.45) is 5.92 Å². The van der Waals surface area contributed by atoms with Crippen molar-refractivity contribution in [2.45, 2.75) is 52.0 Å². The highest BCUT2D eigenvalue weighted by Gasteiger charge is 2.23. The Labute approximate surface area is 92.5 Å². The average molecular weight is 213 g/mol. The van der Waals surface area contributed by atoms with E-state index in [1.807, 2.05) is 0 Å². The molecule has 1 N–H and O–H groups in total. The molecule has 1 unspecified atom stereocenters. The summed E-state index contributed by atoms with van der Waals surface area (Å²) in [4.78, 5) is 13.2. The molecule has 0 aromatic rings. The molecule has 1 saturated carbocycles. The Morgan fingerprint density at radius 3 is 2.47 bits per heavy atom. The van der Waals surface area contributed by atoms with Crippen LogP contribution in [0.25, 0.3) is 0 Å². The van der Waals surface area contributed by atoms with Gasteiger partial charge in [0.1, 0.15) is 0 Å². The molecule has 1 aliphatic rings. The normalized spacial score (nSPS) is 20.5. The first-order valence-corrected chi connectivity index (χ1v) is 6.12. The SMILES string of the molecule is CCN(CC(C)C(=O)O)C1CCCCC1. The number of rotatable bonds is 5. The summed E-state index contributed by atoms with van der Waals surface area (Å²) in [5, 5.41) is 8.90. The lowest BCUT2D eigenvalue weighted by Gasteiger charge is -2.34. The molecule has 0 heterocycles. The largest absolute Gasteiger partial charge is 0.481 e. The number of aliphatic carboxylic acids is 1. The van der Waals surface area contributed by atoms with Crippen LogP contribution in [0.5, 0.6) is 0 Å². The Hall–Kier alpha value is -0.570. The van der Waals surface area contributed by atoms with Crippen molar-refractivity contribution in [1.82, 2.24) is 4.90 Å². The highest BCUT2D eigenvalue weighted by atomic mass is 16.4. The number of carboxylic acids is 1. The molecule has 88 valence electrons. The quantitative estimate of drug-likeness (QED) is 0.762. The summed E-state index contributed by atoms with van der Waals surface area (Å²) in [6.07, 6.45) is 6.47. The average Bonchev–Trinajstić information content (AvgIpc) is 2.26. The molecule has 1 rings (SSSR count). The predicted octanol–water partition coefficient (Wildman–Crippen LogP) is 2.36. The lowest BCUT2D eigenvalue weighted by Crippen LogP contribution is -2.40. The van der Waals surface area contributed by atoms with Crippen molar-refractivity contribution in [1.29, 1.82) is 0 Å². The third-order valence-corrected chi connectivity index (χ3v) is 3.43. The maximum Gasteiger partial charge on any atom is 0.307 e. The minimum Gasteiger partial charge on any atom is -0.481 e. The second-order valence-corrected chi connectivity index (χ2v) is 4.62. The van der Waals surface area contributed by atoms with E-state index in [-0.39, 0.29) is 5.92 Å². The van der Waals surface area contributed by atoms with Crippen molar-refractivity contribution >= 4 is 5.97 Å². The van der Waals surface area contributed by atoms with Crippen molar-refractivity contribution in [2.75, 3.05) is 13.1 Å². The van der Waals surface area contributed by atoms with Gasteiger partial charge in [-0.25, -0.2) is 0 Å². The third kappa shape index (κ3) is 3.82. The van der Waals surface area contributed by atoms with Gasteiger partial charge in [-0.3, -0.25) is 9.69 Å². The summed E-state index contributed by atoms with van der Waals surface area (Å²) in [5.41, 5.74) is 0. The molecule has 0 aromatic carbocycles. The van der Waals surface area contributed by atoms with Gasteiger partial charge in [0.25, 0.3) is 0 Å². The molecule has 0 saturated heterocycles. The van der Waals surface area contributed by atoms with Crippen LogP contribution < -0.4 is 0 Å². The summed E-state index contributed by atoms with van der Waals surface area (Å²) in [7, 11) is 0. The molecule has 0 radical (unpaired) electrons. The zero-order valence-electron chi connectivity index (χ0n) is 9.91. The number of carboxylic acid groups (broad SMARTS) is 1. The Bertz CT molecular complexity index is 200. The van der Waals surface area contributed by atoms with Gasteiger partial charge in [0.05, 0.1) is 5.92 Å². The minimum absolute atomic E-state index is 0.244. The highest BCUT2D eigenvalue weighted by molar-refractivity contribution is 5.69. The van der Waals surface area contributed by atoms with Crippen molar-refractivity contribution in [3.05, 3.63) is 0 Å². The van der Waals surface area contributed by atoms with Gasteiger partial charge in [0.15, 0.2) is 0 Å². The standard InChI is InChI=1S/C12H23NO2/c1-3-13(9-10(2)12(14)15)11-7-5-4-6-8-11/h10-11H,3-9H2,1-2H3,(H,14,15). The van der Waals surface area contributed by atoms with E-state index in [2.05, 4.69) is 11.8 Å². The number of carbonyl (C=O) groups is 1. The van der Waals surface area contributed by atoms with Crippen LogP contribution >= 0.6 is 0 Å². The molecular formula is C12H23NO2. The van der Waals surface area contributed by atoms with E-state index in [0.29, 0.717) is 12.6 Å². The molecule has 3 heteroatoms. The molecule has 0 spiro atoms. The molecule has 0 aliphatic heterocycles. The van der Waals surface area contributed by atoms with Gasteiger partial charge in [0.2, 0.25) is 0 Å². The van der Waals surface area contributed by atoms with E-state index in [9.17, 15) is 4.79 Å². The molecule has 3 nitrogen and oxygen atoms in total. The van der Waals surface area contributed by atoms with E-state index in [4.69, 9.17) is 5.11 Å². The van der Waals surface area contributed by atoms with Crippen LogP contribution in [0.2, 0.25) is 0 Å². The van der Waals surface area contributed by atoms with E-state index in [1.54, 1.807) is 6.92 Å². The molecule has 1 atom stereocenters. The van der Waals surface area contributed by atoms with Gasteiger partial charge in [-0.15, -0.1) is 0 Å². The lowest BCUT2D eigenvalue weighted by molar-refractivity contribution is -0.142. The molecule has 0 bridgehead atoms. The summed E-state index contributed by atoms with van der Waals surface area (Å²) in [6, 6.07) is 0.630. The van der Waals surface area contributed by atoms with Crippen LogP contribution in [0.4, 0.5) is 0 Å². The van der Waals surface area contributed by atoms with Crippen molar-refractivity contribution in [3.8, 4) is 0 Å². The number of hydrogen-bond donors (Lipinski definition) is 1. The van der Waals surface area contributed by atoms with E-state index < -0.39 is 5.97 Å². The maximum absolute atomic E-state index is 10.8. The second-order valence-electron chi connectivity index (χ2n) is 4.62. The van der Waals surface area contributed by atoms with Gasteiger partial charge in [-0.05, 0) is 19.4 Å². The molecule has 0 aromatic heterocycles.